The van der Waals surface area contributed by atoms with Gasteiger partial charge in [-0.2, -0.15) is 5.26 Å². The van der Waals surface area contributed by atoms with Gasteiger partial charge in [0.1, 0.15) is 12.1 Å². The Bertz CT molecular complexity index is 1040. The highest BCUT2D eigenvalue weighted by molar-refractivity contribution is 6.33. The van der Waals surface area contributed by atoms with Crippen molar-refractivity contribution in [2.75, 3.05) is 29.9 Å². The molecule has 166 valence electrons. The van der Waals surface area contributed by atoms with Crippen LogP contribution in [0.4, 0.5) is 11.4 Å². The van der Waals surface area contributed by atoms with Crippen molar-refractivity contribution in [2.24, 2.45) is 10.9 Å². The van der Waals surface area contributed by atoms with Crippen molar-refractivity contribution >= 4 is 35.1 Å². The Labute approximate surface area is 195 Å². The minimum Gasteiger partial charge on any atom is -0.370 e. The maximum atomic E-state index is 10.6. The lowest BCUT2D eigenvalue weighted by Gasteiger charge is -2.34. The number of nitrogens with zero attached hydrogens (tertiary/aromatic N) is 4. The van der Waals surface area contributed by atoms with Crippen LogP contribution in [0, 0.1) is 17.2 Å². The summed E-state index contributed by atoms with van der Waals surface area (Å²) in [7, 11) is 1.94. The maximum Gasteiger partial charge on any atom is 0.144 e. The smallest absolute Gasteiger partial charge is 0.144 e. The van der Waals surface area contributed by atoms with Gasteiger partial charge in [0.15, 0.2) is 0 Å². The van der Waals surface area contributed by atoms with Gasteiger partial charge in [-0.15, -0.1) is 0 Å². The summed E-state index contributed by atoms with van der Waals surface area (Å²) in [6.45, 7) is 5.66. The zero-order valence-electron chi connectivity index (χ0n) is 18.9. The molecule has 0 N–H and O–H groups in total. The summed E-state index contributed by atoms with van der Waals surface area (Å²) in [5, 5.41) is 9.68. The van der Waals surface area contributed by atoms with Gasteiger partial charge in [-0.25, -0.2) is 4.99 Å². The molecule has 1 aliphatic heterocycles. The molecular weight excluding hydrogens is 420 g/mol. The number of anilines is 2. The molecular formula is C26H29ClN4O. The standard InChI is InChI=1S/C26H29ClN4O/c1-19(12-15-32)29-20(2)30(3)24-8-9-26(25(27)17-24)31-13-10-22(11-14-31)16-21-4-6-23(18-28)7-5-21/h4-9,12,15,17,22H,10-11,13-14,16H2,1-3H3/b19-12-,29-20?. The summed E-state index contributed by atoms with van der Waals surface area (Å²) >= 11 is 6.67. The predicted molar refractivity (Wildman–Crippen MR) is 133 cm³/mol. The van der Waals surface area contributed by atoms with Crippen molar-refractivity contribution in [3.8, 4) is 6.07 Å². The first-order valence-corrected chi connectivity index (χ1v) is 11.2. The maximum absolute atomic E-state index is 10.6. The number of rotatable bonds is 6. The zero-order chi connectivity index (χ0) is 23.1. The molecule has 0 aliphatic carbocycles. The quantitative estimate of drug-likeness (QED) is 0.249. The van der Waals surface area contributed by atoms with Gasteiger partial charge >= 0.3 is 0 Å². The first kappa shape index (κ1) is 23.6. The number of carbonyl (C=O) groups excluding carboxylic acids is 1. The largest absolute Gasteiger partial charge is 0.370 e. The van der Waals surface area contributed by atoms with E-state index in [0.717, 1.165) is 60.9 Å². The van der Waals surface area contributed by atoms with E-state index in [1.807, 2.05) is 37.1 Å². The van der Waals surface area contributed by atoms with Crippen molar-refractivity contribution in [3.63, 3.8) is 0 Å². The number of carbonyl (C=O) groups is 1. The number of hydrogen-bond acceptors (Lipinski definition) is 4. The van der Waals surface area contributed by atoms with Crippen molar-refractivity contribution < 1.29 is 4.79 Å². The van der Waals surface area contributed by atoms with Crippen LogP contribution in [-0.4, -0.2) is 32.3 Å². The molecule has 1 heterocycles. The van der Waals surface area contributed by atoms with Crippen LogP contribution < -0.4 is 9.80 Å². The summed E-state index contributed by atoms with van der Waals surface area (Å²) in [6.07, 6.45) is 5.47. The van der Waals surface area contributed by atoms with E-state index >= 15 is 0 Å². The Morgan fingerprint density at radius 2 is 1.91 bits per heavy atom. The third kappa shape index (κ3) is 5.99. The highest BCUT2D eigenvalue weighted by Gasteiger charge is 2.21. The minimum atomic E-state index is 0.643. The molecule has 1 aliphatic rings. The zero-order valence-corrected chi connectivity index (χ0v) is 19.6. The van der Waals surface area contributed by atoms with Crippen LogP contribution in [0.2, 0.25) is 5.02 Å². The van der Waals surface area contributed by atoms with E-state index in [1.54, 1.807) is 6.92 Å². The van der Waals surface area contributed by atoms with Gasteiger partial charge in [-0.05, 0) is 81.0 Å². The van der Waals surface area contributed by atoms with E-state index in [2.05, 4.69) is 40.2 Å². The summed E-state index contributed by atoms with van der Waals surface area (Å²) in [6, 6.07) is 16.2. The van der Waals surface area contributed by atoms with E-state index in [4.69, 9.17) is 16.9 Å². The third-order valence-electron chi connectivity index (χ3n) is 6.01. The molecule has 0 aromatic heterocycles. The SMILES string of the molecule is CC(=N/C(C)=C\C=O)N(C)c1ccc(N2CCC(Cc3ccc(C#N)cc3)CC2)c(Cl)c1. The first-order chi connectivity index (χ1) is 15.4. The van der Waals surface area contributed by atoms with Gasteiger partial charge in [0.05, 0.1) is 22.3 Å². The van der Waals surface area contributed by atoms with E-state index < -0.39 is 0 Å². The topological polar surface area (TPSA) is 59.7 Å². The average Bonchev–Trinajstić information content (AvgIpc) is 2.80. The molecule has 6 heteroatoms. The summed E-state index contributed by atoms with van der Waals surface area (Å²) < 4.78 is 0. The lowest BCUT2D eigenvalue weighted by molar-refractivity contribution is -0.104. The van der Waals surface area contributed by atoms with Gasteiger partial charge < -0.3 is 9.80 Å². The van der Waals surface area contributed by atoms with Gasteiger partial charge in [-0.3, -0.25) is 4.79 Å². The number of hydrogen-bond donors (Lipinski definition) is 0. The molecule has 0 amide bonds. The molecule has 0 saturated carbocycles. The third-order valence-corrected chi connectivity index (χ3v) is 6.32. The number of nitriles is 1. The molecule has 0 radical (unpaired) electrons. The molecule has 3 rings (SSSR count). The Hall–Kier alpha value is -3.10. The molecule has 2 aromatic rings. The Balaban J connectivity index is 1.61. The summed E-state index contributed by atoms with van der Waals surface area (Å²) in [5.74, 6) is 1.43. The number of amidine groups is 1. The average molecular weight is 449 g/mol. The summed E-state index contributed by atoms with van der Waals surface area (Å²) in [5.41, 5.74) is 4.68. The van der Waals surface area contributed by atoms with Gasteiger partial charge in [0.25, 0.3) is 0 Å². The van der Waals surface area contributed by atoms with Crippen molar-refractivity contribution in [1.82, 2.24) is 0 Å². The molecule has 1 saturated heterocycles. The monoisotopic (exact) mass is 448 g/mol. The van der Waals surface area contributed by atoms with Crippen molar-refractivity contribution in [3.05, 3.63) is 70.4 Å². The Morgan fingerprint density at radius 1 is 1.22 bits per heavy atom. The normalized spacial score (nSPS) is 15.4. The van der Waals surface area contributed by atoms with Crippen LogP contribution in [0.15, 0.2) is 59.2 Å². The van der Waals surface area contributed by atoms with E-state index in [-0.39, 0.29) is 0 Å². The van der Waals surface area contributed by atoms with E-state index in [9.17, 15) is 4.79 Å². The molecule has 0 unspecified atom stereocenters. The number of halogens is 1. The molecule has 0 spiro atoms. The lowest BCUT2D eigenvalue weighted by atomic mass is 9.89. The Morgan fingerprint density at radius 3 is 2.50 bits per heavy atom. The second-order valence-corrected chi connectivity index (χ2v) is 8.65. The van der Waals surface area contributed by atoms with E-state index in [0.29, 0.717) is 17.2 Å². The highest BCUT2D eigenvalue weighted by atomic mass is 35.5. The van der Waals surface area contributed by atoms with Gasteiger partial charge in [0, 0.05) is 31.5 Å². The molecule has 2 aromatic carbocycles. The predicted octanol–water partition coefficient (Wildman–Crippen LogP) is 5.63. The minimum absolute atomic E-state index is 0.643. The first-order valence-electron chi connectivity index (χ1n) is 10.9. The molecule has 5 nitrogen and oxygen atoms in total. The second kappa shape index (κ2) is 11.0. The van der Waals surface area contributed by atoms with Crippen molar-refractivity contribution in [2.45, 2.75) is 33.1 Å². The number of allylic oxidation sites excluding steroid dienone is 2. The molecule has 1 fully saturated rings. The summed E-state index contributed by atoms with van der Waals surface area (Å²) in [4.78, 5) is 19.4. The van der Waals surface area contributed by atoms with Crippen LogP contribution in [0.25, 0.3) is 0 Å². The van der Waals surface area contributed by atoms with Crippen LogP contribution in [0.5, 0.6) is 0 Å². The van der Waals surface area contributed by atoms with Crippen LogP contribution >= 0.6 is 11.6 Å². The molecule has 32 heavy (non-hydrogen) atoms. The van der Waals surface area contributed by atoms with Gasteiger partial charge in [-0.1, -0.05) is 23.7 Å². The van der Waals surface area contributed by atoms with Crippen LogP contribution in [-0.2, 0) is 11.2 Å². The number of piperidine rings is 1. The van der Waals surface area contributed by atoms with Crippen LogP contribution in [0.3, 0.4) is 0 Å². The molecule has 0 atom stereocenters. The Kier molecular flexibility index (Phi) is 8.08. The van der Waals surface area contributed by atoms with Crippen molar-refractivity contribution in [1.29, 1.82) is 5.26 Å². The highest BCUT2D eigenvalue weighted by Crippen LogP contribution is 2.33. The number of aldehydes is 1. The fourth-order valence-electron chi connectivity index (χ4n) is 4.04. The van der Waals surface area contributed by atoms with E-state index in [1.165, 1.54) is 11.6 Å². The second-order valence-electron chi connectivity index (χ2n) is 8.24. The molecule has 0 bridgehead atoms. The van der Waals surface area contributed by atoms with Gasteiger partial charge in [0.2, 0.25) is 0 Å². The number of benzene rings is 2. The fraction of sp³-hybridized carbons (Fsp3) is 0.346. The lowest BCUT2D eigenvalue weighted by Crippen LogP contribution is -2.34. The van der Waals surface area contributed by atoms with Crippen LogP contribution in [0.1, 0.15) is 37.8 Å². The number of aliphatic imine (C=N–C) groups is 1. The fourth-order valence-corrected chi connectivity index (χ4v) is 4.33.